The molecule has 1 saturated heterocycles. The number of piperidine rings is 1. The number of methoxy groups -OCH3 is 1. The standard InChI is InChI=1S/C15H16Cl2FNO3/c1-22-14(20)6-9-4-2-3-5-19(9)15(21)10-7-13(18)12(17)8-11(10)16/h7-9H,2-6H2,1H3. The Morgan fingerprint density at radius 2 is 2.05 bits per heavy atom. The lowest BCUT2D eigenvalue weighted by molar-refractivity contribution is -0.142. The zero-order valence-corrected chi connectivity index (χ0v) is 13.6. The lowest BCUT2D eigenvalue weighted by atomic mass is 9.98. The second kappa shape index (κ2) is 7.29. The molecule has 1 aliphatic heterocycles. The molecule has 120 valence electrons. The van der Waals surface area contributed by atoms with Crippen molar-refractivity contribution in [2.75, 3.05) is 13.7 Å². The van der Waals surface area contributed by atoms with Crippen molar-refractivity contribution in [3.63, 3.8) is 0 Å². The highest BCUT2D eigenvalue weighted by Crippen LogP contribution is 2.28. The average molecular weight is 348 g/mol. The van der Waals surface area contributed by atoms with Crippen molar-refractivity contribution in [3.8, 4) is 0 Å². The smallest absolute Gasteiger partial charge is 0.307 e. The van der Waals surface area contributed by atoms with Gasteiger partial charge in [0.1, 0.15) is 5.82 Å². The minimum Gasteiger partial charge on any atom is -0.469 e. The van der Waals surface area contributed by atoms with E-state index in [0.717, 1.165) is 18.9 Å². The van der Waals surface area contributed by atoms with Crippen LogP contribution >= 0.6 is 23.2 Å². The zero-order valence-electron chi connectivity index (χ0n) is 12.1. The molecule has 4 nitrogen and oxygen atoms in total. The molecular weight excluding hydrogens is 332 g/mol. The van der Waals surface area contributed by atoms with Gasteiger partial charge < -0.3 is 9.64 Å². The van der Waals surface area contributed by atoms with E-state index in [-0.39, 0.29) is 34.0 Å². The summed E-state index contributed by atoms with van der Waals surface area (Å²) >= 11 is 11.7. The van der Waals surface area contributed by atoms with Crippen molar-refractivity contribution in [1.29, 1.82) is 0 Å². The van der Waals surface area contributed by atoms with E-state index in [0.29, 0.717) is 13.0 Å². The van der Waals surface area contributed by atoms with Crippen LogP contribution in [-0.4, -0.2) is 36.5 Å². The monoisotopic (exact) mass is 347 g/mol. The molecule has 0 aliphatic carbocycles. The number of nitrogens with zero attached hydrogens (tertiary/aromatic N) is 1. The molecule has 22 heavy (non-hydrogen) atoms. The second-order valence-corrected chi connectivity index (χ2v) is 5.99. The van der Waals surface area contributed by atoms with E-state index in [1.165, 1.54) is 13.2 Å². The molecule has 0 saturated carbocycles. The number of likely N-dealkylation sites (tertiary alicyclic amines) is 1. The number of ether oxygens (including phenoxy) is 1. The summed E-state index contributed by atoms with van der Waals surface area (Å²) in [5.74, 6) is -1.47. The molecule has 0 N–H and O–H groups in total. The molecule has 2 rings (SSSR count). The molecule has 1 fully saturated rings. The topological polar surface area (TPSA) is 46.6 Å². The Hall–Kier alpha value is -1.33. The minimum absolute atomic E-state index is 0.0559. The number of carbonyl (C=O) groups is 2. The van der Waals surface area contributed by atoms with Crippen molar-refractivity contribution < 1.29 is 18.7 Å². The molecule has 1 aromatic rings. The van der Waals surface area contributed by atoms with Crippen LogP contribution < -0.4 is 0 Å². The molecule has 0 spiro atoms. The quantitative estimate of drug-likeness (QED) is 0.618. The summed E-state index contributed by atoms with van der Waals surface area (Å²) in [5, 5.41) is -0.0369. The van der Waals surface area contributed by atoms with Crippen LogP contribution in [0.2, 0.25) is 10.0 Å². The number of benzene rings is 1. The van der Waals surface area contributed by atoms with Gasteiger partial charge in [-0.15, -0.1) is 0 Å². The number of halogens is 3. The summed E-state index contributed by atoms with van der Waals surface area (Å²) in [6.45, 7) is 0.501. The molecule has 0 radical (unpaired) electrons. The predicted molar refractivity (Wildman–Crippen MR) is 81.7 cm³/mol. The van der Waals surface area contributed by atoms with E-state index in [9.17, 15) is 14.0 Å². The van der Waals surface area contributed by atoms with Crippen molar-refractivity contribution >= 4 is 35.1 Å². The largest absolute Gasteiger partial charge is 0.469 e. The fraction of sp³-hybridized carbons (Fsp3) is 0.467. The predicted octanol–water partition coefficient (Wildman–Crippen LogP) is 3.69. The number of esters is 1. The first-order valence-corrected chi connectivity index (χ1v) is 7.72. The number of carbonyl (C=O) groups excluding carboxylic acids is 2. The third-order valence-corrected chi connectivity index (χ3v) is 4.36. The summed E-state index contributed by atoms with van der Waals surface area (Å²) in [6, 6.07) is 1.99. The number of amides is 1. The molecule has 7 heteroatoms. The van der Waals surface area contributed by atoms with Crippen LogP contribution in [0.25, 0.3) is 0 Å². The molecule has 1 unspecified atom stereocenters. The van der Waals surface area contributed by atoms with Gasteiger partial charge in [-0.1, -0.05) is 23.2 Å². The normalized spacial score (nSPS) is 18.2. The highest BCUT2D eigenvalue weighted by molar-refractivity contribution is 6.36. The Kier molecular flexibility index (Phi) is 5.64. The maximum absolute atomic E-state index is 13.6. The zero-order chi connectivity index (χ0) is 16.3. The highest BCUT2D eigenvalue weighted by atomic mass is 35.5. The highest BCUT2D eigenvalue weighted by Gasteiger charge is 2.30. The first-order chi connectivity index (χ1) is 10.4. The van der Waals surface area contributed by atoms with Gasteiger partial charge in [-0.25, -0.2) is 4.39 Å². The lowest BCUT2D eigenvalue weighted by Gasteiger charge is -2.35. The van der Waals surface area contributed by atoms with E-state index in [4.69, 9.17) is 23.2 Å². The third-order valence-electron chi connectivity index (χ3n) is 3.76. The first-order valence-electron chi connectivity index (χ1n) is 6.96. The minimum atomic E-state index is -0.698. The number of rotatable bonds is 3. The summed E-state index contributed by atoms with van der Waals surface area (Å²) in [7, 11) is 1.31. The Balaban J connectivity index is 2.25. The van der Waals surface area contributed by atoms with E-state index in [2.05, 4.69) is 4.74 Å². The Morgan fingerprint density at radius 3 is 2.73 bits per heavy atom. The van der Waals surface area contributed by atoms with Gasteiger partial charge in [0.15, 0.2) is 0 Å². The van der Waals surface area contributed by atoms with E-state index in [1.807, 2.05) is 0 Å². The van der Waals surface area contributed by atoms with Gasteiger partial charge in [0.05, 0.1) is 29.1 Å². The van der Waals surface area contributed by atoms with Crippen LogP contribution in [0, 0.1) is 5.82 Å². The fourth-order valence-electron chi connectivity index (χ4n) is 2.60. The third kappa shape index (κ3) is 3.70. The van der Waals surface area contributed by atoms with Gasteiger partial charge in [-0.3, -0.25) is 9.59 Å². The number of hydrogen-bond acceptors (Lipinski definition) is 3. The molecule has 1 amide bonds. The van der Waals surface area contributed by atoms with Gasteiger partial charge in [-0.2, -0.15) is 0 Å². The molecular formula is C15H16Cl2FNO3. The Morgan fingerprint density at radius 1 is 1.32 bits per heavy atom. The summed E-state index contributed by atoms with van der Waals surface area (Å²) in [4.78, 5) is 25.7. The van der Waals surface area contributed by atoms with Crippen LogP contribution in [0.15, 0.2) is 12.1 Å². The van der Waals surface area contributed by atoms with Crippen molar-refractivity contribution in [2.24, 2.45) is 0 Å². The molecule has 1 heterocycles. The van der Waals surface area contributed by atoms with Crippen LogP contribution in [0.3, 0.4) is 0 Å². The SMILES string of the molecule is COC(=O)CC1CCCCN1C(=O)c1cc(F)c(Cl)cc1Cl. The van der Waals surface area contributed by atoms with Crippen LogP contribution in [-0.2, 0) is 9.53 Å². The van der Waals surface area contributed by atoms with Gasteiger partial charge in [0.2, 0.25) is 0 Å². The summed E-state index contributed by atoms with van der Waals surface area (Å²) in [5.41, 5.74) is 0.0559. The Bertz CT molecular complexity index is 594. The van der Waals surface area contributed by atoms with Gasteiger partial charge in [0.25, 0.3) is 5.91 Å². The van der Waals surface area contributed by atoms with Crippen LogP contribution in [0.4, 0.5) is 4.39 Å². The first kappa shape index (κ1) is 17.0. The van der Waals surface area contributed by atoms with E-state index < -0.39 is 11.7 Å². The lowest BCUT2D eigenvalue weighted by Crippen LogP contribution is -2.45. The molecule has 1 atom stereocenters. The van der Waals surface area contributed by atoms with Gasteiger partial charge in [-0.05, 0) is 31.4 Å². The van der Waals surface area contributed by atoms with Crippen LogP contribution in [0.1, 0.15) is 36.0 Å². The molecule has 0 aromatic heterocycles. The fourth-order valence-corrected chi connectivity index (χ4v) is 3.06. The summed E-state index contributed by atoms with van der Waals surface area (Å²) < 4.78 is 18.3. The number of hydrogen-bond donors (Lipinski definition) is 0. The Labute approximate surface area is 138 Å². The van der Waals surface area contributed by atoms with Crippen molar-refractivity contribution in [3.05, 3.63) is 33.6 Å². The van der Waals surface area contributed by atoms with Crippen LogP contribution in [0.5, 0.6) is 0 Å². The van der Waals surface area contributed by atoms with E-state index >= 15 is 0 Å². The summed E-state index contributed by atoms with van der Waals surface area (Å²) in [6.07, 6.45) is 2.58. The average Bonchev–Trinajstić information content (AvgIpc) is 2.50. The second-order valence-electron chi connectivity index (χ2n) is 5.17. The molecule has 1 aromatic carbocycles. The van der Waals surface area contributed by atoms with Gasteiger partial charge in [0, 0.05) is 12.6 Å². The van der Waals surface area contributed by atoms with Gasteiger partial charge >= 0.3 is 5.97 Å². The van der Waals surface area contributed by atoms with Crippen molar-refractivity contribution in [2.45, 2.75) is 31.7 Å². The van der Waals surface area contributed by atoms with Crippen molar-refractivity contribution in [1.82, 2.24) is 4.90 Å². The molecule has 1 aliphatic rings. The maximum Gasteiger partial charge on any atom is 0.307 e. The molecule has 0 bridgehead atoms. The van der Waals surface area contributed by atoms with E-state index in [1.54, 1.807) is 4.90 Å². The maximum atomic E-state index is 13.6.